The van der Waals surface area contributed by atoms with Gasteiger partial charge in [-0.1, -0.05) is 60.7 Å². The molecule has 0 aliphatic heterocycles. The maximum atomic E-state index is 12.9. The minimum Gasteiger partial charge on any atom is -0.453 e. The molecule has 4 heteroatoms. The summed E-state index contributed by atoms with van der Waals surface area (Å²) in [6, 6.07) is 24.7. The van der Waals surface area contributed by atoms with Crippen LogP contribution in [0.4, 0.5) is 0 Å². The Kier molecular flexibility index (Phi) is 4.05. The molecule has 1 aliphatic rings. The van der Waals surface area contributed by atoms with Gasteiger partial charge >= 0.3 is 0 Å². The van der Waals surface area contributed by atoms with E-state index in [9.17, 15) is 9.59 Å². The molecule has 0 unspecified atom stereocenters. The number of ketones is 2. The van der Waals surface area contributed by atoms with E-state index >= 15 is 0 Å². The van der Waals surface area contributed by atoms with E-state index in [0.717, 1.165) is 16.3 Å². The highest BCUT2D eigenvalue weighted by Crippen LogP contribution is 2.33. The summed E-state index contributed by atoms with van der Waals surface area (Å²) in [4.78, 5) is 25.8. The molecule has 152 valence electrons. The fourth-order valence-corrected chi connectivity index (χ4v) is 4.05. The average Bonchev–Trinajstić information content (AvgIpc) is 3.44. The van der Waals surface area contributed by atoms with Crippen LogP contribution in [0.1, 0.15) is 37.8 Å². The molecule has 4 nitrogen and oxygen atoms in total. The summed E-state index contributed by atoms with van der Waals surface area (Å²) in [5.41, 5.74) is 3.16. The van der Waals surface area contributed by atoms with Gasteiger partial charge in [-0.3, -0.25) is 9.59 Å². The maximum absolute atomic E-state index is 12.9. The lowest BCUT2D eigenvalue weighted by Gasteiger charge is -2.00. The molecular weight excluding hydrogens is 400 g/mol. The number of allylic oxidation sites excluding steroid dienone is 1. The zero-order chi connectivity index (χ0) is 21.7. The lowest BCUT2D eigenvalue weighted by atomic mass is 10.0. The maximum Gasteiger partial charge on any atom is 0.197 e. The molecule has 32 heavy (non-hydrogen) atoms. The number of hydrogen-bond acceptors (Lipinski definition) is 4. The summed E-state index contributed by atoms with van der Waals surface area (Å²) >= 11 is 0. The van der Waals surface area contributed by atoms with Crippen molar-refractivity contribution < 1.29 is 18.4 Å². The van der Waals surface area contributed by atoms with Crippen molar-refractivity contribution in [2.24, 2.45) is 0 Å². The summed E-state index contributed by atoms with van der Waals surface area (Å²) < 4.78 is 11.7. The van der Waals surface area contributed by atoms with Gasteiger partial charge in [0.15, 0.2) is 22.7 Å². The molecule has 0 saturated heterocycles. The second kappa shape index (κ2) is 7.06. The minimum atomic E-state index is -0.282. The molecule has 0 N–H and O–H groups in total. The quantitative estimate of drug-likeness (QED) is 0.239. The molecule has 0 atom stereocenters. The van der Waals surface area contributed by atoms with Crippen LogP contribution in [0.3, 0.4) is 0 Å². The van der Waals surface area contributed by atoms with E-state index in [1.165, 1.54) is 6.08 Å². The molecule has 0 saturated carbocycles. The van der Waals surface area contributed by atoms with Gasteiger partial charge in [0.05, 0.1) is 5.57 Å². The van der Waals surface area contributed by atoms with Gasteiger partial charge in [0.1, 0.15) is 11.5 Å². The van der Waals surface area contributed by atoms with Crippen molar-refractivity contribution in [3.63, 3.8) is 0 Å². The molecule has 2 heterocycles. The van der Waals surface area contributed by atoms with E-state index in [-0.39, 0.29) is 17.1 Å². The van der Waals surface area contributed by atoms with Crippen molar-refractivity contribution in [1.29, 1.82) is 0 Å². The molecule has 2 aromatic heterocycles. The molecule has 1 aliphatic carbocycles. The fourth-order valence-electron chi connectivity index (χ4n) is 4.05. The topological polar surface area (TPSA) is 60.4 Å². The third-order valence-corrected chi connectivity index (χ3v) is 5.64. The number of Topliss-reactive ketones (excluding diaryl/α,β-unsaturated/α-hetero) is 2. The van der Waals surface area contributed by atoms with Crippen molar-refractivity contribution in [2.45, 2.75) is 0 Å². The summed E-state index contributed by atoms with van der Waals surface area (Å²) in [5, 5.41) is 1.86. The largest absolute Gasteiger partial charge is 0.453 e. The Hall–Kier alpha value is -4.44. The van der Waals surface area contributed by atoms with Gasteiger partial charge in [0.2, 0.25) is 0 Å². The molecule has 6 rings (SSSR count). The molecule has 5 aromatic rings. The summed E-state index contributed by atoms with van der Waals surface area (Å²) in [7, 11) is 0. The number of carbonyl (C=O) groups excluding carboxylic acids is 2. The Bertz CT molecular complexity index is 1500. The van der Waals surface area contributed by atoms with E-state index in [1.807, 2.05) is 66.7 Å². The molecule has 0 fully saturated rings. The van der Waals surface area contributed by atoms with Crippen LogP contribution in [0.5, 0.6) is 0 Å². The molecule has 0 spiro atoms. The van der Waals surface area contributed by atoms with E-state index in [1.54, 1.807) is 24.3 Å². The van der Waals surface area contributed by atoms with Crippen LogP contribution in [0.15, 0.2) is 93.3 Å². The van der Waals surface area contributed by atoms with E-state index in [2.05, 4.69) is 0 Å². The van der Waals surface area contributed by atoms with Crippen LogP contribution in [-0.4, -0.2) is 11.6 Å². The zero-order valence-corrected chi connectivity index (χ0v) is 16.9. The molecular formula is C28H16O4. The highest BCUT2D eigenvalue weighted by atomic mass is 16.4. The zero-order valence-electron chi connectivity index (χ0n) is 16.9. The number of rotatable bonds is 3. The van der Waals surface area contributed by atoms with Gasteiger partial charge in [0, 0.05) is 23.3 Å². The molecule has 0 amide bonds. The summed E-state index contributed by atoms with van der Waals surface area (Å²) in [6.45, 7) is 0. The van der Waals surface area contributed by atoms with E-state index in [4.69, 9.17) is 8.83 Å². The van der Waals surface area contributed by atoms with Gasteiger partial charge in [-0.05, 0) is 40.6 Å². The number of hydrogen-bond donors (Lipinski definition) is 0. The first-order valence-electron chi connectivity index (χ1n) is 10.3. The minimum absolute atomic E-state index is 0.107. The van der Waals surface area contributed by atoms with Crippen molar-refractivity contribution in [2.75, 3.05) is 0 Å². The standard InChI is InChI=1S/C28H16O4/c29-27-22-12-18-8-4-5-9-19(18)13-23(22)28(30)24(27)14-21-16-26-25(32-21)15-20(31-26)11-10-17-6-2-1-3-7-17/h1-16H/b11-10+. The van der Waals surface area contributed by atoms with Crippen LogP contribution < -0.4 is 0 Å². The summed E-state index contributed by atoms with van der Waals surface area (Å²) in [6.07, 6.45) is 5.33. The first-order valence-corrected chi connectivity index (χ1v) is 10.3. The third-order valence-electron chi connectivity index (χ3n) is 5.64. The van der Waals surface area contributed by atoms with Crippen LogP contribution in [-0.2, 0) is 0 Å². The Morgan fingerprint density at radius 1 is 0.594 bits per heavy atom. The number of carbonyl (C=O) groups is 2. The van der Waals surface area contributed by atoms with Gasteiger partial charge in [-0.2, -0.15) is 0 Å². The van der Waals surface area contributed by atoms with Gasteiger partial charge in [-0.25, -0.2) is 0 Å². The van der Waals surface area contributed by atoms with Crippen molar-refractivity contribution >= 4 is 51.7 Å². The van der Waals surface area contributed by atoms with Crippen LogP contribution in [0.2, 0.25) is 0 Å². The number of benzene rings is 3. The Morgan fingerprint density at radius 2 is 1.16 bits per heavy atom. The average molecular weight is 416 g/mol. The van der Waals surface area contributed by atoms with Crippen molar-refractivity contribution in [1.82, 2.24) is 0 Å². The highest BCUT2D eigenvalue weighted by molar-refractivity contribution is 6.42. The molecule has 0 bridgehead atoms. The molecule has 3 aromatic carbocycles. The van der Waals surface area contributed by atoms with Crippen LogP contribution in [0.25, 0.3) is 40.2 Å². The van der Waals surface area contributed by atoms with Gasteiger partial charge in [-0.15, -0.1) is 0 Å². The predicted molar refractivity (Wildman–Crippen MR) is 124 cm³/mol. The Labute approximate surface area is 183 Å². The first kappa shape index (κ1) is 18.3. The summed E-state index contributed by atoms with van der Waals surface area (Å²) in [5.74, 6) is 0.505. The number of fused-ring (bicyclic) bond motifs is 3. The normalized spacial score (nSPS) is 13.6. The number of furan rings is 2. The third kappa shape index (κ3) is 3.01. The lowest BCUT2D eigenvalue weighted by Crippen LogP contribution is -1.99. The predicted octanol–water partition coefficient (Wildman–Crippen LogP) is 6.81. The van der Waals surface area contributed by atoms with Crippen LogP contribution >= 0.6 is 0 Å². The molecule has 0 radical (unpaired) electrons. The SMILES string of the molecule is O=C1C(=Cc2cc3oc(/C=C/c4ccccc4)cc3o2)C(=O)c2cc3ccccc3cc21. The second-order valence-electron chi connectivity index (χ2n) is 7.73. The smallest absolute Gasteiger partial charge is 0.197 e. The monoisotopic (exact) mass is 416 g/mol. The van der Waals surface area contributed by atoms with Gasteiger partial charge < -0.3 is 8.83 Å². The van der Waals surface area contributed by atoms with Crippen LogP contribution in [0, 0.1) is 0 Å². The highest BCUT2D eigenvalue weighted by Gasteiger charge is 2.33. The Morgan fingerprint density at radius 3 is 1.81 bits per heavy atom. The lowest BCUT2D eigenvalue weighted by molar-refractivity contribution is 0.0990. The fraction of sp³-hybridized carbons (Fsp3) is 0. The second-order valence-corrected chi connectivity index (χ2v) is 7.73. The van der Waals surface area contributed by atoms with Crippen molar-refractivity contribution in [3.8, 4) is 0 Å². The van der Waals surface area contributed by atoms with E-state index in [0.29, 0.717) is 33.8 Å². The first-order chi connectivity index (χ1) is 15.7. The van der Waals surface area contributed by atoms with E-state index < -0.39 is 0 Å². The van der Waals surface area contributed by atoms with Gasteiger partial charge in [0.25, 0.3) is 0 Å². The Balaban J connectivity index is 1.32. The van der Waals surface area contributed by atoms with Crippen molar-refractivity contribution in [3.05, 3.63) is 113 Å².